The van der Waals surface area contributed by atoms with Crippen molar-refractivity contribution in [2.75, 3.05) is 33.0 Å². The van der Waals surface area contributed by atoms with Crippen molar-refractivity contribution in [3.8, 4) is 0 Å². The summed E-state index contributed by atoms with van der Waals surface area (Å²) in [6.45, 7) is 3.81. The van der Waals surface area contributed by atoms with Crippen LogP contribution < -0.4 is 0 Å². The lowest BCUT2D eigenvalue weighted by Gasteiger charge is -2.12. The highest BCUT2D eigenvalue weighted by Gasteiger charge is 2.00. The summed E-state index contributed by atoms with van der Waals surface area (Å²) in [7, 11) is 0. The average molecular weight is 192 g/mol. The molecule has 0 bridgehead atoms. The molecule has 0 aromatic heterocycles. The van der Waals surface area contributed by atoms with E-state index in [0.717, 1.165) is 6.42 Å². The lowest BCUT2D eigenvalue weighted by atomic mass is 10.3. The van der Waals surface area contributed by atoms with Gasteiger partial charge in [-0.25, -0.2) is 0 Å². The van der Waals surface area contributed by atoms with E-state index in [1.54, 1.807) is 0 Å². The molecule has 1 atom stereocenters. The molecule has 0 aliphatic carbocycles. The highest BCUT2D eigenvalue weighted by molar-refractivity contribution is 4.49. The zero-order valence-corrected chi connectivity index (χ0v) is 8.24. The third-order valence-corrected chi connectivity index (χ3v) is 1.61. The monoisotopic (exact) mass is 192 g/mol. The fourth-order valence-electron chi connectivity index (χ4n) is 0.848. The van der Waals surface area contributed by atoms with Crippen LogP contribution in [0.4, 0.5) is 0 Å². The van der Waals surface area contributed by atoms with Crippen LogP contribution in [0.5, 0.6) is 0 Å². The van der Waals surface area contributed by atoms with Gasteiger partial charge in [-0.15, -0.1) is 0 Å². The SMILES string of the molecule is CC(CCOCCO)OCCCO. The molecule has 0 heterocycles. The second-order valence-electron chi connectivity index (χ2n) is 2.88. The van der Waals surface area contributed by atoms with Crippen LogP contribution in [0.3, 0.4) is 0 Å². The van der Waals surface area contributed by atoms with Crippen LogP contribution in [0.2, 0.25) is 0 Å². The highest BCUT2D eigenvalue weighted by atomic mass is 16.5. The third kappa shape index (κ3) is 9.76. The van der Waals surface area contributed by atoms with Gasteiger partial charge in [-0.3, -0.25) is 0 Å². The Morgan fingerprint density at radius 1 is 1.08 bits per heavy atom. The van der Waals surface area contributed by atoms with Crippen LogP contribution in [-0.2, 0) is 9.47 Å². The number of ether oxygens (including phenoxy) is 2. The van der Waals surface area contributed by atoms with Crippen molar-refractivity contribution in [2.45, 2.75) is 25.9 Å². The summed E-state index contributed by atoms with van der Waals surface area (Å²) >= 11 is 0. The molecule has 0 aromatic rings. The zero-order chi connectivity index (χ0) is 9.94. The van der Waals surface area contributed by atoms with E-state index >= 15 is 0 Å². The minimum absolute atomic E-state index is 0.0692. The molecule has 0 amide bonds. The summed E-state index contributed by atoms with van der Waals surface area (Å²) in [6, 6.07) is 0. The summed E-state index contributed by atoms with van der Waals surface area (Å²) in [5, 5.41) is 16.9. The molecule has 0 radical (unpaired) electrons. The Morgan fingerprint density at radius 3 is 2.46 bits per heavy atom. The molecule has 2 N–H and O–H groups in total. The predicted molar refractivity (Wildman–Crippen MR) is 49.6 cm³/mol. The van der Waals surface area contributed by atoms with Crippen LogP contribution in [0, 0.1) is 0 Å². The number of hydrogen-bond acceptors (Lipinski definition) is 4. The summed E-state index contributed by atoms with van der Waals surface area (Å²) in [6.07, 6.45) is 1.66. The fraction of sp³-hybridized carbons (Fsp3) is 1.00. The van der Waals surface area contributed by atoms with E-state index in [2.05, 4.69) is 0 Å². The first-order valence-electron chi connectivity index (χ1n) is 4.72. The maximum atomic E-state index is 8.49. The number of rotatable bonds is 9. The second-order valence-corrected chi connectivity index (χ2v) is 2.88. The van der Waals surface area contributed by atoms with Gasteiger partial charge in [0.25, 0.3) is 0 Å². The molecular formula is C9H20O4. The van der Waals surface area contributed by atoms with Crippen molar-refractivity contribution in [1.29, 1.82) is 0 Å². The smallest absolute Gasteiger partial charge is 0.0697 e. The normalized spacial score (nSPS) is 13.2. The Kier molecular flexibility index (Phi) is 9.80. The Balaban J connectivity index is 3.05. The summed E-state index contributed by atoms with van der Waals surface area (Å²) < 4.78 is 10.4. The molecule has 0 aromatic carbocycles. The quantitative estimate of drug-likeness (QED) is 0.511. The van der Waals surface area contributed by atoms with E-state index in [1.165, 1.54) is 0 Å². The van der Waals surface area contributed by atoms with Crippen molar-refractivity contribution in [2.24, 2.45) is 0 Å². The number of aliphatic hydroxyl groups excluding tert-OH is 2. The molecule has 4 nitrogen and oxygen atoms in total. The predicted octanol–water partition coefficient (Wildman–Crippen LogP) is 0.173. The number of aliphatic hydroxyl groups is 2. The molecule has 4 heteroatoms. The Hall–Kier alpha value is -0.160. The molecule has 0 spiro atoms. The van der Waals surface area contributed by atoms with Gasteiger partial charge in [-0.1, -0.05) is 0 Å². The fourth-order valence-corrected chi connectivity index (χ4v) is 0.848. The maximum absolute atomic E-state index is 8.49. The first-order valence-corrected chi connectivity index (χ1v) is 4.72. The molecule has 1 unspecified atom stereocenters. The van der Waals surface area contributed by atoms with Gasteiger partial charge < -0.3 is 19.7 Å². The van der Waals surface area contributed by atoms with Crippen LogP contribution in [-0.4, -0.2) is 49.4 Å². The Morgan fingerprint density at radius 2 is 1.85 bits per heavy atom. The average Bonchev–Trinajstić information content (AvgIpc) is 2.13. The van der Waals surface area contributed by atoms with E-state index < -0.39 is 0 Å². The van der Waals surface area contributed by atoms with Crippen LogP contribution >= 0.6 is 0 Å². The first-order chi connectivity index (χ1) is 6.31. The largest absolute Gasteiger partial charge is 0.396 e. The molecule has 0 aliphatic heterocycles. The minimum atomic E-state index is 0.0692. The lowest BCUT2D eigenvalue weighted by molar-refractivity contribution is 0.0195. The minimum Gasteiger partial charge on any atom is -0.396 e. The van der Waals surface area contributed by atoms with Gasteiger partial charge in [0.05, 0.1) is 19.3 Å². The van der Waals surface area contributed by atoms with Crippen LogP contribution in [0.25, 0.3) is 0 Å². The van der Waals surface area contributed by atoms with Gasteiger partial charge in [0, 0.05) is 19.8 Å². The standard InChI is InChI=1S/C9H20O4/c1-9(13-6-2-4-10)3-7-12-8-5-11/h9-11H,2-8H2,1H3. The van der Waals surface area contributed by atoms with Gasteiger partial charge in [0.2, 0.25) is 0 Å². The summed E-state index contributed by atoms with van der Waals surface area (Å²) in [4.78, 5) is 0. The Bertz CT molecular complexity index is 97.6. The van der Waals surface area contributed by atoms with Crippen molar-refractivity contribution < 1.29 is 19.7 Å². The van der Waals surface area contributed by atoms with E-state index in [9.17, 15) is 0 Å². The molecule has 0 rings (SSSR count). The van der Waals surface area contributed by atoms with Crippen LogP contribution in [0.15, 0.2) is 0 Å². The molecule has 0 aliphatic rings. The summed E-state index contributed by atoms with van der Waals surface area (Å²) in [5.41, 5.74) is 0. The van der Waals surface area contributed by atoms with Gasteiger partial charge in [0.1, 0.15) is 0 Å². The van der Waals surface area contributed by atoms with Gasteiger partial charge >= 0.3 is 0 Å². The van der Waals surface area contributed by atoms with Gasteiger partial charge in [-0.05, 0) is 19.8 Å². The number of hydrogen-bond donors (Lipinski definition) is 2. The molecule has 13 heavy (non-hydrogen) atoms. The Labute approximate surface area is 79.5 Å². The second kappa shape index (κ2) is 9.92. The van der Waals surface area contributed by atoms with E-state index in [4.69, 9.17) is 19.7 Å². The van der Waals surface area contributed by atoms with Crippen molar-refractivity contribution in [3.63, 3.8) is 0 Å². The van der Waals surface area contributed by atoms with Crippen molar-refractivity contribution in [3.05, 3.63) is 0 Å². The van der Waals surface area contributed by atoms with Crippen molar-refractivity contribution >= 4 is 0 Å². The van der Waals surface area contributed by atoms with E-state index in [1.807, 2.05) is 6.92 Å². The van der Waals surface area contributed by atoms with Gasteiger partial charge in [0.15, 0.2) is 0 Å². The zero-order valence-electron chi connectivity index (χ0n) is 8.24. The van der Waals surface area contributed by atoms with Crippen LogP contribution in [0.1, 0.15) is 19.8 Å². The first kappa shape index (κ1) is 12.8. The summed E-state index contributed by atoms with van der Waals surface area (Å²) in [5.74, 6) is 0. The molecule has 0 fully saturated rings. The third-order valence-electron chi connectivity index (χ3n) is 1.61. The van der Waals surface area contributed by atoms with E-state index in [0.29, 0.717) is 26.2 Å². The lowest BCUT2D eigenvalue weighted by Crippen LogP contribution is -2.13. The highest BCUT2D eigenvalue weighted by Crippen LogP contribution is 1.98. The van der Waals surface area contributed by atoms with Crippen molar-refractivity contribution in [1.82, 2.24) is 0 Å². The van der Waals surface area contributed by atoms with Gasteiger partial charge in [-0.2, -0.15) is 0 Å². The molecule has 0 saturated carbocycles. The molecular weight excluding hydrogens is 172 g/mol. The van der Waals surface area contributed by atoms with E-state index in [-0.39, 0.29) is 19.3 Å². The topological polar surface area (TPSA) is 58.9 Å². The molecule has 80 valence electrons. The maximum Gasteiger partial charge on any atom is 0.0697 e. The molecule has 0 saturated heterocycles.